The lowest BCUT2D eigenvalue weighted by molar-refractivity contribution is 0.0218. The molecule has 2 nitrogen and oxygen atoms in total. The summed E-state index contributed by atoms with van der Waals surface area (Å²) in [6.07, 6.45) is 5.08. The lowest BCUT2D eigenvalue weighted by Gasteiger charge is -2.27. The maximum Gasteiger partial charge on any atom is 0.0743 e. The number of aliphatic hydroxyl groups is 1. The van der Waals surface area contributed by atoms with E-state index in [0.29, 0.717) is 5.41 Å². The van der Waals surface area contributed by atoms with Gasteiger partial charge in [-0.1, -0.05) is 6.92 Å². The fraction of sp³-hybridized carbons (Fsp3) is 1.00. The van der Waals surface area contributed by atoms with Crippen LogP contribution in [-0.2, 0) is 0 Å². The Balaban J connectivity index is 1.83. The quantitative estimate of drug-likeness (QED) is 0.719. The highest BCUT2D eigenvalue weighted by atomic mass is 16.3. The van der Waals surface area contributed by atoms with Crippen molar-refractivity contribution >= 4 is 0 Å². The summed E-state index contributed by atoms with van der Waals surface area (Å²) in [5.74, 6) is 0. The second-order valence-corrected chi connectivity index (χ2v) is 5.31. The van der Waals surface area contributed by atoms with Gasteiger partial charge in [0.25, 0.3) is 0 Å². The molecule has 1 aliphatic heterocycles. The second kappa shape index (κ2) is 2.96. The van der Waals surface area contributed by atoms with Crippen LogP contribution < -0.4 is 0 Å². The third kappa shape index (κ3) is 2.05. The first kappa shape index (κ1) is 9.47. The van der Waals surface area contributed by atoms with E-state index in [2.05, 4.69) is 11.8 Å². The van der Waals surface area contributed by atoms with Crippen molar-refractivity contribution in [3.8, 4) is 0 Å². The zero-order chi connectivity index (χ0) is 9.53. The van der Waals surface area contributed by atoms with Crippen LogP contribution in [0.25, 0.3) is 0 Å². The Morgan fingerprint density at radius 3 is 2.54 bits per heavy atom. The zero-order valence-electron chi connectivity index (χ0n) is 8.84. The average molecular weight is 183 g/mol. The van der Waals surface area contributed by atoms with Gasteiger partial charge in [-0.3, -0.25) is 4.90 Å². The van der Waals surface area contributed by atoms with Crippen molar-refractivity contribution in [1.82, 2.24) is 4.90 Å². The van der Waals surface area contributed by atoms with Gasteiger partial charge >= 0.3 is 0 Å². The molecule has 1 unspecified atom stereocenters. The fourth-order valence-electron chi connectivity index (χ4n) is 2.34. The standard InChI is InChI=1S/C11H21NO/c1-3-10(2,13)8-12-7-6-11(9-12)4-5-11/h13H,3-9H2,1-2H3. The van der Waals surface area contributed by atoms with Crippen molar-refractivity contribution in [2.24, 2.45) is 5.41 Å². The van der Waals surface area contributed by atoms with Gasteiger partial charge in [-0.25, -0.2) is 0 Å². The summed E-state index contributed by atoms with van der Waals surface area (Å²) in [6, 6.07) is 0. The Morgan fingerprint density at radius 1 is 1.38 bits per heavy atom. The minimum absolute atomic E-state index is 0.472. The van der Waals surface area contributed by atoms with Crippen molar-refractivity contribution in [3.63, 3.8) is 0 Å². The predicted molar refractivity (Wildman–Crippen MR) is 53.6 cm³/mol. The van der Waals surface area contributed by atoms with Crippen LogP contribution in [0.1, 0.15) is 39.5 Å². The lowest BCUT2D eigenvalue weighted by atomic mass is 10.0. The van der Waals surface area contributed by atoms with E-state index in [0.717, 1.165) is 13.0 Å². The highest BCUT2D eigenvalue weighted by Crippen LogP contribution is 2.52. The SMILES string of the molecule is CCC(C)(O)CN1CCC2(CC2)C1. The number of hydrogen-bond donors (Lipinski definition) is 1. The maximum atomic E-state index is 9.93. The van der Waals surface area contributed by atoms with E-state index in [1.165, 1.54) is 32.4 Å². The summed E-state index contributed by atoms with van der Waals surface area (Å²) in [7, 11) is 0. The molecule has 13 heavy (non-hydrogen) atoms. The first-order valence-corrected chi connectivity index (χ1v) is 5.50. The normalized spacial score (nSPS) is 30.7. The average Bonchev–Trinajstić information content (AvgIpc) is 2.69. The molecule has 0 aromatic heterocycles. The first-order valence-electron chi connectivity index (χ1n) is 5.50. The Labute approximate surface area is 80.9 Å². The summed E-state index contributed by atoms with van der Waals surface area (Å²) in [5, 5.41) is 9.93. The van der Waals surface area contributed by atoms with Gasteiger partial charge in [-0.2, -0.15) is 0 Å². The van der Waals surface area contributed by atoms with Crippen LogP contribution in [0.3, 0.4) is 0 Å². The summed E-state index contributed by atoms with van der Waals surface area (Å²) >= 11 is 0. The Hall–Kier alpha value is -0.0800. The molecule has 1 atom stereocenters. The Kier molecular flexibility index (Phi) is 2.16. The van der Waals surface area contributed by atoms with E-state index >= 15 is 0 Å². The molecule has 1 heterocycles. The third-order valence-corrected chi connectivity index (χ3v) is 3.80. The highest BCUT2D eigenvalue weighted by molar-refractivity contribution is 5.01. The van der Waals surface area contributed by atoms with E-state index < -0.39 is 5.60 Å². The van der Waals surface area contributed by atoms with E-state index in [9.17, 15) is 5.11 Å². The summed E-state index contributed by atoms with van der Waals surface area (Å²) in [5.41, 5.74) is 0.226. The Bertz CT molecular complexity index is 196. The van der Waals surface area contributed by atoms with Crippen LogP contribution in [0.4, 0.5) is 0 Å². The zero-order valence-corrected chi connectivity index (χ0v) is 8.84. The predicted octanol–water partition coefficient (Wildman–Crippen LogP) is 1.63. The third-order valence-electron chi connectivity index (χ3n) is 3.80. The molecule has 2 heteroatoms. The van der Waals surface area contributed by atoms with Gasteiger partial charge in [0.2, 0.25) is 0 Å². The van der Waals surface area contributed by atoms with Crippen LogP contribution in [0.5, 0.6) is 0 Å². The van der Waals surface area contributed by atoms with E-state index in [1.54, 1.807) is 0 Å². The van der Waals surface area contributed by atoms with E-state index in [4.69, 9.17) is 0 Å². The van der Waals surface area contributed by atoms with Gasteiger partial charge in [-0.05, 0) is 44.6 Å². The molecule has 2 fully saturated rings. The largest absolute Gasteiger partial charge is 0.389 e. The van der Waals surface area contributed by atoms with Crippen LogP contribution >= 0.6 is 0 Å². The number of β-amino-alcohol motifs (C(OH)–C–C–N with tert-alkyl or cyclic N) is 1. The van der Waals surface area contributed by atoms with Crippen LogP contribution in [-0.4, -0.2) is 35.2 Å². The van der Waals surface area contributed by atoms with Gasteiger partial charge in [0.1, 0.15) is 0 Å². The number of rotatable bonds is 3. The van der Waals surface area contributed by atoms with Crippen LogP contribution in [0.15, 0.2) is 0 Å². The maximum absolute atomic E-state index is 9.93. The van der Waals surface area contributed by atoms with Crippen molar-refractivity contribution in [2.75, 3.05) is 19.6 Å². The molecule has 0 aromatic carbocycles. The van der Waals surface area contributed by atoms with E-state index in [1.807, 2.05) is 6.92 Å². The lowest BCUT2D eigenvalue weighted by Crippen LogP contribution is -2.39. The van der Waals surface area contributed by atoms with Crippen LogP contribution in [0, 0.1) is 5.41 Å². The number of hydrogen-bond acceptors (Lipinski definition) is 2. The molecule has 1 saturated carbocycles. The molecule has 0 aromatic rings. The highest BCUT2D eigenvalue weighted by Gasteiger charge is 2.48. The number of nitrogens with zero attached hydrogens (tertiary/aromatic N) is 1. The van der Waals surface area contributed by atoms with Crippen molar-refractivity contribution in [3.05, 3.63) is 0 Å². The molecule has 0 bridgehead atoms. The monoisotopic (exact) mass is 183 g/mol. The number of likely N-dealkylation sites (tertiary alicyclic amines) is 1. The second-order valence-electron chi connectivity index (χ2n) is 5.31. The van der Waals surface area contributed by atoms with E-state index in [-0.39, 0.29) is 0 Å². The molecule has 2 rings (SSSR count). The topological polar surface area (TPSA) is 23.5 Å². The minimum Gasteiger partial charge on any atom is -0.389 e. The molecular formula is C11H21NO. The molecule has 1 N–H and O–H groups in total. The molecular weight excluding hydrogens is 162 g/mol. The van der Waals surface area contributed by atoms with Crippen LogP contribution in [0.2, 0.25) is 0 Å². The van der Waals surface area contributed by atoms with Gasteiger partial charge in [-0.15, -0.1) is 0 Å². The van der Waals surface area contributed by atoms with Crippen molar-refractivity contribution in [1.29, 1.82) is 0 Å². The summed E-state index contributed by atoms with van der Waals surface area (Å²) < 4.78 is 0. The molecule has 1 aliphatic carbocycles. The smallest absolute Gasteiger partial charge is 0.0743 e. The Morgan fingerprint density at radius 2 is 2.08 bits per heavy atom. The molecule has 1 spiro atoms. The van der Waals surface area contributed by atoms with Gasteiger partial charge in [0.05, 0.1) is 5.60 Å². The molecule has 1 saturated heterocycles. The van der Waals surface area contributed by atoms with Crippen molar-refractivity contribution < 1.29 is 5.11 Å². The van der Waals surface area contributed by atoms with Gasteiger partial charge in [0, 0.05) is 13.1 Å². The molecule has 76 valence electrons. The molecule has 2 aliphatic rings. The fourth-order valence-corrected chi connectivity index (χ4v) is 2.34. The van der Waals surface area contributed by atoms with Gasteiger partial charge in [0.15, 0.2) is 0 Å². The molecule has 0 amide bonds. The first-order chi connectivity index (χ1) is 6.05. The molecule has 0 radical (unpaired) electrons. The summed E-state index contributed by atoms with van der Waals surface area (Å²) in [6.45, 7) is 7.32. The van der Waals surface area contributed by atoms with Crippen molar-refractivity contribution in [2.45, 2.75) is 45.1 Å². The minimum atomic E-state index is -0.472. The summed E-state index contributed by atoms with van der Waals surface area (Å²) in [4.78, 5) is 2.44. The van der Waals surface area contributed by atoms with Gasteiger partial charge < -0.3 is 5.11 Å².